The molecular weight excluding hydrogens is 282 g/mol. The number of nitrogens with one attached hydrogen (secondary N) is 1. The van der Waals surface area contributed by atoms with E-state index in [4.69, 9.17) is 14.2 Å². The topological polar surface area (TPSA) is 56.8 Å². The highest BCUT2D eigenvalue weighted by Gasteiger charge is 2.06. The Labute approximate surface area is 129 Å². The third-order valence-corrected chi connectivity index (χ3v) is 3.03. The minimum Gasteiger partial charge on any atom is -0.497 e. The van der Waals surface area contributed by atoms with Gasteiger partial charge in [-0.2, -0.15) is 0 Å². The van der Waals surface area contributed by atoms with Crippen LogP contribution < -0.4 is 19.5 Å². The van der Waals surface area contributed by atoms with Crippen LogP contribution >= 0.6 is 0 Å². The van der Waals surface area contributed by atoms with E-state index in [0.717, 1.165) is 11.4 Å². The quantitative estimate of drug-likeness (QED) is 0.853. The third-order valence-electron chi connectivity index (χ3n) is 3.03. The number of hydrogen-bond acceptors (Lipinski definition) is 4. The van der Waals surface area contributed by atoms with E-state index in [1.165, 1.54) is 0 Å². The molecule has 1 amide bonds. The van der Waals surface area contributed by atoms with Gasteiger partial charge in [0.25, 0.3) is 0 Å². The van der Waals surface area contributed by atoms with E-state index in [9.17, 15) is 4.79 Å². The SMILES string of the molecule is COc1ccc(NC(=O)CCOc2ccccc2OC)cc1. The maximum Gasteiger partial charge on any atom is 0.227 e. The predicted octanol–water partition coefficient (Wildman–Crippen LogP) is 3.11. The maximum atomic E-state index is 11.9. The van der Waals surface area contributed by atoms with E-state index in [1.807, 2.05) is 18.2 Å². The molecule has 0 aliphatic heterocycles. The third kappa shape index (κ3) is 4.41. The van der Waals surface area contributed by atoms with Crippen molar-refractivity contribution in [1.82, 2.24) is 0 Å². The zero-order valence-electron chi connectivity index (χ0n) is 12.7. The van der Waals surface area contributed by atoms with Gasteiger partial charge in [-0.25, -0.2) is 0 Å². The first-order valence-electron chi connectivity index (χ1n) is 6.92. The summed E-state index contributed by atoms with van der Waals surface area (Å²) in [5.41, 5.74) is 0.725. The average Bonchev–Trinajstić information content (AvgIpc) is 2.56. The van der Waals surface area contributed by atoms with Gasteiger partial charge >= 0.3 is 0 Å². The van der Waals surface area contributed by atoms with Crippen molar-refractivity contribution in [3.05, 3.63) is 48.5 Å². The monoisotopic (exact) mass is 301 g/mol. The second-order valence-electron chi connectivity index (χ2n) is 4.53. The highest BCUT2D eigenvalue weighted by Crippen LogP contribution is 2.25. The van der Waals surface area contributed by atoms with Crippen LogP contribution in [0, 0.1) is 0 Å². The molecule has 0 heterocycles. The summed E-state index contributed by atoms with van der Waals surface area (Å²) in [7, 11) is 3.18. The normalized spacial score (nSPS) is 9.91. The summed E-state index contributed by atoms with van der Waals surface area (Å²) in [6.07, 6.45) is 0.254. The summed E-state index contributed by atoms with van der Waals surface area (Å²) in [6, 6.07) is 14.5. The smallest absolute Gasteiger partial charge is 0.227 e. The molecule has 1 N–H and O–H groups in total. The number of methoxy groups -OCH3 is 2. The predicted molar refractivity (Wildman–Crippen MR) is 84.7 cm³/mol. The van der Waals surface area contributed by atoms with Crippen LogP contribution in [0.15, 0.2) is 48.5 Å². The molecule has 0 aromatic heterocycles. The Morgan fingerprint density at radius 1 is 0.955 bits per heavy atom. The summed E-state index contributed by atoms with van der Waals surface area (Å²) < 4.78 is 15.8. The molecule has 5 nitrogen and oxygen atoms in total. The molecule has 0 saturated heterocycles. The lowest BCUT2D eigenvalue weighted by Crippen LogP contribution is -2.15. The lowest BCUT2D eigenvalue weighted by Gasteiger charge is -2.10. The van der Waals surface area contributed by atoms with E-state index in [-0.39, 0.29) is 18.9 Å². The summed E-state index contributed by atoms with van der Waals surface area (Å²) >= 11 is 0. The van der Waals surface area contributed by atoms with E-state index < -0.39 is 0 Å². The van der Waals surface area contributed by atoms with E-state index in [0.29, 0.717) is 11.5 Å². The van der Waals surface area contributed by atoms with Gasteiger partial charge in [-0.1, -0.05) is 12.1 Å². The van der Waals surface area contributed by atoms with Crippen LogP contribution in [0.4, 0.5) is 5.69 Å². The summed E-state index contributed by atoms with van der Waals surface area (Å²) in [6.45, 7) is 0.280. The number of anilines is 1. The molecule has 2 aromatic rings. The van der Waals surface area contributed by atoms with E-state index in [2.05, 4.69) is 5.32 Å². The lowest BCUT2D eigenvalue weighted by molar-refractivity contribution is -0.116. The number of carbonyl (C=O) groups excluding carboxylic acids is 1. The zero-order valence-corrected chi connectivity index (χ0v) is 12.7. The van der Waals surface area contributed by atoms with Crippen molar-refractivity contribution in [3.8, 4) is 17.2 Å². The van der Waals surface area contributed by atoms with E-state index in [1.54, 1.807) is 44.6 Å². The molecule has 2 rings (SSSR count). The fraction of sp³-hybridized carbons (Fsp3) is 0.235. The van der Waals surface area contributed by atoms with Crippen LogP contribution in [-0.2, 0) is 4.79 Å². The van der Waals surface area contributed by atoms with Crippen LogP contribution in [-0.4, -0.2) is 26.7 Å². The van der Waals surface area contributed by atoms with Crippen LogP contribution in [0.3, 0.4) is 0 Å². The second kappa shape index (κ2) is 7.93. The van der Waals surface area contributed by atoms with Gasteiger partial charge in [-0.05, 0) is 36.4 Å². The Morgan fingerprint density at radius 2 is 1.64 bits per heavy atom. The number of rotatable bonds is 7. The molecule has 0 radical (unpaired) electrons. The summed E-state index contributed by atoms with van der Waals surface area (Å²) in [5, 5.41) is 2.80. The number of ether oxygens (including phenoxy) is 3. The van der Waals surface area contributed by atoms with Gasteiger partial charge < -0.3 is 19.5 Å². The van der Waals surface area contributed by atoms with Crippen molar-refractivity contribution in [1.29, 1.82) is 0 Å². The molecule has 22 heavy (non-hydrogen) atoms. The Kier molecular flexibility index (Phi) is 5.65. The standard InChI is InChI=1S/C17H19NO4/c1-20-14-9-7-13(8-10-14)18-17(19)11-12-22-16-6-4-3-5-15(16)21-2/h3-10H,11-12H2,1-2H3,(H,18,19). The van der Waals surface area contributed by atoms with Crippen LogP contribution in [0.1, 0.15) is 6.42 Å². The average molecular weight is 301 g/mol. The van der Waals surface area contributed by atoms with E-state index >= 15 is 0 Å². The summed E-state index contributed by atoms with van der Waals surface area (Å²) in [5.74, 6) is 1.91. The minimum atomic E-state index is -0.111. The van der Waals surface area contributed by atoms with Crippen molar-refractivity contribution in [3.63, 3.8) is 0 Å². The highest BCUT2D eigenvalue weighted by molar-refractivity contribution is 5.90. The number of amides is 1. The molecule has 0 aliphatic rings. The second-order valence-corrected chi connectivity index (χ2v) is 4.53. The molecule has 0 bridgehead atoms. The van der Waals surface area contributed by atoms with Gasteiger partial charge in [0.1, 0.15) is 5.75 Å². The number of hydrogen-bond donors (Lipinski definition) is 1. The molecule has 0 unspecified atom stereocenters. The van der Waals surface area contributed by atoms with Crippen LogP contribution in [0.2, 0.25) is 0 Å². The molecule has 0 aliphatic carbocycles. The first-order chi connectivity index (χ1) is 10.7. The molecule has 5 heteroatoms. The first kappa shape index (κ1) is 15.7. The zero-order chi connectivity index (χ0) is 15.8. The Morgan fingerprint density at radius 3 is 2.27 bits per heavy atom. The van der Waals surface area contributed by atoms with Crippen molar-refractivity contribution >= 4 is 11.6 Å². The first-order valence-corrected chi connectivity index (χ1v) is 6.92. The number of carbonyl (C=O) groups is 1. The number of benzene rings is 2. The molecule has 0 atom stereocenters. The van der Waals surface area contributed by atoms with Crippen LogP contribution in [0.5, 0.6) is 17.2 Å². The number of para-hydroxylation sites is 2. The fourth-order valence-corrected chi connectivity index (χ4v) is 1.89. The molecule has 0 fully saturated rings. The van der Waals surface area contributed by atoms with Crippen molar-refractivity contribution in [2.75, 3.05) is 26.1 Å². The molecule has 2 aromatic carbocycles. The minimum absolute atomic E-state index is 0.111. The largest absolute Gasteiger partial charge is 0.497 e. The molecular formula is C17H19NO4. The maximum absolute atomic E-state index is 11.9. The van der Waals surface area contributed by atoms with Gasteiger partial charge in [0.2, 0.25) is 5.91 Å². The van der Waals surface area contributed by atoms with Gasteiger partial charge in [-0.3, -0.25) is 4.79 Å². The molecule has 0 saturated carbocycles. The highest BCUT2D eigenvalue weighted by atomic mass is 16.5. The summed E-state index contributed by atoms with van der Waals surface area (Å²) in [4.78, 5) is 11.9. The molecule has 116 valence electrons. The molecule has 0 spiro atoms. The Hall–Kier alpha value is -2.69. The van der Waals surface area contributed by atoms with Crippen LogP contribution in [0.25, 0.3) is 0 Å². The van der Waals surface area contributed by atoms with Crippen molar-refractivity contribution in [2.45, 2.75) is 6.42 Å². The van der Waals surface area contributed by atoms with Crippen molar-refractivity contribution in [2.24, 2.45) is 0 Å². The Bertz CT molecular complexity index is 610. The van der Waals surface area contributed by atoms with Gasteiger partial charge in [0, 0.05) is 5.69 Å². The van der Waals surface area contributed by atoms with Gasteiger partial charge in [0.15, 0.2) is 11.5 Å². The Balaban J connectivity index is 1.80. The van der Waals surface area contributed by atoms with Crippen molar-refractivity contribution < 1.29 is 19.0 Å². The lowest BCUT2D eigenvalue weighted by atomic mass is 10.3. The fourth-order valence-electron chi connectivity index (χ4n) is 1.89. The van der Waals surface area contributed by atoms with Gasteiger partial charge in [0.05, 0.1) is 27.2 Å². The van der Waals surface area contributed by atoms with Gasteiger partial charge in [-0.15, -0.1) is 0 Å².